The summed E-state index contributed by atoms with van der Waals surface area (Å²) in [5.41, 5.74) is 3.86. The summed E-state index contributed by atoms with van der Waals surface area (Å²) in [6.07, 6.45) is 4.46. The van der Waals surface area contributed by atoms with E-state index in [0.29, 0.717) is 10.5 Å². The summed E-state index contributed by atoms with van der Waals surface area (Å²) in [5.74, 6) is 5.48. The molecule has 0 radical (unpaired) electrons. The van der Waals surface area contributed by atoms with Gasteiger partial charge in [-0.3, -0.25) is 9.78 Å². The van der Waals surface area contributed by atoms with Crippen LogP contribution < -0.4 is 0 Å². The molecule has 0 aliphatic carbocycles. The zero-order chi connectivity index (χ0) is 20.1. The van der Waals surface area contributed by atoms with Crippen LogP contribution >= 0.6 is 0 Å². The number of pyridine rings is 1. The van der Waals surface area contributed by atoms with Gasteiger partial charge in [0.15, 0.2) is 0 Å². The molecule has 0 bridgehead atoms. The van der Waals surface area contributed by atoms with E-state index in [2.05, 4.69) is 21.2 Å². The van der Waals surface area contributed by atoms with Crippen molar-refractivity contribution in [3.05, 3.63) is 94.8 Å². The molecule has 3 aromatic rings. The van der Waals surface area contributed by atoms with Crippen LogP contribution in [0.4, 0.5) is 0 Å². The Balaban J connectivity index is 1.88. The number of amides is 1. The summed E-state index contributed by atoms with van der Waals surface area (Å²) in [7, 11) is -2.84. The third kappa shape index (κ3) is 4.93. The number of nitrogens with zero attached hydrogens (tertiary/aromatic N) is 2. The number of aryl methyl sites for hydroxylation is 2. The van der Waals surface area contributed by atoms with Crippen molar-refractivity contribution in [2.45, 2.75) is 18.7 Å². The zero-order valence-corrected chi connectivity index (χ0v) is 16.8. The fraction of sp³-hybridized carbons (Fsp3) is 0.130. The maximum Gasteiger partial charge on any atom is 0.286 e. The molecule has 0 spiro atoms. The van der Waals surface area contributed by atoms with Gasteiger partial charge in [0.05, 0.1) is 15.3 Å². The molecule has 140 valence electrons. The number of rotatable bonds is 2. The summed E-state index contributed by atoms with van der Waals surface area (Å²) in [4.78, 5) is 17.2. The van der Waals surface area contributed by atoms with E-state index in [1.807, 2.05) is 44.2 Å². The quantitative estimate of drug-likeness (QED) is 0.612. The Morgan fingerprint density at radius 3 is 2.36 bits per heavy atom. The third-order valence-electron chi connectivity index (χ3n) is 4.07. The van der Waals surface area contributed by atoms with E-state index in [1.54, 1.807) is 30.5 Å². The predicted octanol–water partition coefficient (Wildman–Crippen LogP) is 4.40. The Morgan fingerprint density at radius 2 is 1.64 bits per heavy atom. The number of hydrogen-bond acceptors (Lipinski definition) is 3. The van der Waals surface area contributed by atoms with Gasteiger partial charge in [-0.2, -0.15) is 4.36 Å². The van der Waals surface area contributed by atoms with Crippen molar-refractivity contribution in [3.63, 3.8) is 0 Å². The number of benzene rings is 2. The summed E-state index contributed by atoms with van der Waals surface area (Å²) in [5, 5.41) is 0. The van der Waals surface area contributed by atoms with E-state index in [1.165, 1.54) is 12.5 Å². The first-order valence-electron chi connectivity index (χ1n) is 8.70. The summed E-state index contributed by atoms with van der Waals surface area (Å²) >= 11 is 0. The molecule has 0 aliphatic rings. The second-order valence-electron chi connectivity index (χ2n) is 6.59. The third-order valence-corrected chi connectivity index (χ3v) is 5.71. The second kappa shape index (κ2) is 8.20. The van der Waals surface area contributed by atoms with Gasteiger partial charge in [0.1, 0.15) is 0 Å². The molecule has 28 heavy (non-hydrogen) atoms. The van der Waals surface area contributed by atoms with Crippen LogP contribution in [0.1, 0.15) is 32.6 Å². The molecule has 3 rings (SSSR count). The maximum atomic E-state index is 12.9. The Hall–Kier alpha value is -3.23. The van der Waals surface area contributed by atoms with Gasteiger partial charge in [0, 0.05) is 34.7 Å². The molecule has 1 heterocycles. The van der Waals surface area contributed by atoms with Crippen LogP contribution in [-0.4, -0.2) is 21.4 Å². The topological polar surface area (TPSA) is 59.4 Å². The SMILES string of the molecule is Cc1ccc(C#Cc2cncc(C(=O)N=S(C)(=O)c3cccc(C)c3)c2)cc1. The smallest absolute Gasteiger partial charge is 0.266 e. The van der Waals surface area contributed by atoms with Gasteiger partial charge in [-0.1, -0.05) is 41.7 Å². The van der Waals surface area contributed by atoms with Crippen molar-refractivity contribution < 1.29 is 9.00 Å². The number of carbonyl (C=O) groups excluding carboxylic acids is 1. The van der Waals surface area contributed by atoms with Gasteiger partial charge < -0.3 is 0 Å². The van der Waals surface area contributed by atoms with Crippen LogP contribution in [0, 0.1) is 25.7 Å². The molecule has 2 aromatic carbocycles. The van der Waals surface area contributed by atoms with Crippen LogP contribution in [0.15, 0.2) is 76.2 Å². The van der Waals surface area contributed by atoms with Crippen LogP contribution in [0.5, 0.6) is 0 Å². The molecule has 1 unspecified atom stereocenters. The van der Waals surface area contributed by atoms with Crippen molar-refractivity contribution in [1.29, 1.82) is 0 Å². The molecule has 0 saturated carbocycles. The van der Waals surface area contributed by atoms with Crippen molar-refractivity contribution in [1.82, 2.24) is 4.98 Å². The molecular weight excluding hydrogens is 368 g/mol. The lowest BCUT2D eigenvalue weighted by Crippen LogP contribution is -2.04. The molecule has 0 aliphatic heterocycles. The molecule has 0 fully saturated rings. The highest BCUT2D eigenvalue weighted by Crippen LogP contribution is 2.15. The minimum absolute atomic E-state index is 0.262. The average Bonchev–Trinajstić information content (AvgIpc) is 2.67. The highest BCUT2D eigenvalue weighted by atomic mass is 32.2. The van der Waals surface area contributed by atoms with E-state index in [4.69, 9.17) is 0 Å². The molecule has 5 heteroatoms. The lowest BCUT2D eigenvalue weighted by molar-refractivity contribution is 0.100. The highest BCUT2D eigenvalue weighted by Gasteiger charge is 2.12. The lowest BCUT2D eigenvalue weighted by atomic mass is 10.1. The van der Waals surface area contributed by atoms with E-state index in [9.17, 15) is 9.00 Å². The van der Waals surface area contributed by atoms with Crippen LogP contribution in [0.25, 0.3) is 0 Å². The van der Waals surface area contributed by atoms with Gasteiger partial charge >= 0.3 is 0 Å². The summed E-state index contributed by atoms with van der Waals surface area (Å²) < 4.78 is 16.9. The fourth-order valence-corrected chi connectivity index (χ4v) is 3.78. The van der Waals surface area contributed by atoms with Crippen LogP contribution in [-0.2, 0) is 9.73 Å². The standard InChI is InChI=1S/C23H20N2O2S/c1-17-7-9-19(10-8-17)11-12-20-14-21(16-24-15-20)23(26)25-28(3,27)22-6-4-5-18(2)13-22/h4-10,13-16H,1-3H3. The zero-order valence-electron chi connectivity index (χ0n) is 16.0. The first-order chi connectivity index (χ1) is 13.3. The van der Waals surface area contributed by atoms with Gasteiger partial charge in [0.2, 0.25) is 0 Å². The lowest BCUT2D eigenvalue weighted by Gasteiger charge is -2.05. The van der Waals surface area contributed by atoms with Crippen molar-refractivity contribution >= 4 is 15.6 Å². The number of aromatic nitrogens is 1. The normalized spacial score (nSPS) is 12.4. The minimum atomic E-state index is -2.84. The minimum Gasteiger partial charge on any atom is -0.266 e. The Kier molecular flexibility index (Phi) is 5.72. The van der Waals surface area contributed by atoms with Crippen molar-refractivity contribution in [2.75, 3.05) is 6.26 Å². The molecule has 4 nitrogen and oxygen atoms in total. The predicted molar refractivity (Wildman–Crippen MR) is 112 cm³/mol. The number of hydrogen-bond donors (Lipinski definition) is 0. The van der Waals surface area contributed by atoms with Gasteiger partial charge in [-0.15, -0.1) is 0 Å². The van der Waals surface area contributed by atoms with Gasteiger partial charge in [0.25, 0.3) is 5.91 Å². The summed E-state index contributed by atoms with van der Waals surface area (Å²) in [6, 6.07) is 16.7. The Morgan fingerprint density at radius 1 is 0.929 bits per heavy atom. The molecule has 1 atom stereocenters. The molecule has 1 amide bonds. The largest absolute Gasteiger partial charge is 0.286 e. The molecule has 1 aromatic heterocycles. The number of carbonyl (C=O) groups is 1. The van der Waals surface area contributed by atoms with E-state index in [0.717, 1.165) is 16.7 Å². The van der Waals surface area contributed by atoms with Crippen molar-refractivity contribution in [2.24, 2.45) is 4.36 Å². The van der Waals surface area contributed by atoms with Crippen LogP contribution in [0.3, 0.4) is 0 Å². The van der Waals surface area contributed by atoms with Crippen molar-refractivity contribution in [3.8, 4) is 11.8 Å². The first kappa shape index (κ1) is 19.5. The molecule has 0 N–H and O–H groups in total. The average molecular weight is 388 g/mol. The Labute approximate surface area is 165 Å². The van der Waals surface area contributed by atoms with E-state index < -0.39 is 15.6 Å². The van der Waals surface area contributed by atoms with Gasteiger partial charge in [-0.05, 0) is 49.7 Å². The first-order valence-corrected chi connectivity index (χ1v) is 10.6. The Bertz CT molecular complexity index is 1210. The van der Waals surface area contributed by atoms with Crippen LogP contribution in [0.2, 0.25) is 0 Å². The highest BCUT2D eigenvalue weighted by molar-refractivity contribution is 7.93. The molecular formula is C23H20N2O2S. The molecule has 0 saturated heterocycles. The van der Waals surface area contributed by atoms with Gasteiger partial charge in [-0.25, -0.2) is 4.21 Å². The maximum absolute atomic E-state index is 12.9. The summed E-state index contributed by atoms with van der Waals surface area (Å²) in [6.45, 7) is 3.92. The second-order valence-corrected chi connectivity index (χ2v) is 8.85. The van der Waals surface area contributed by atoms with E-state index >= 15 is 0 Å². The fourth-order valence-electron chi connectivity index (χ4n) is 2.52. The monoisotopic (exact) mass is 388 g/mol. The van der Waals surface area contributed by atoms with E-state index in [-0.39, 0.29) is 5.56 Å².